The number of carbonyl (C=O) groups is 1. The molecule has 5 rings (SSSR count). The summed E-state index contributed by atoms with van der Waals surface area (Å²) in [7, 11) is 0. The van der Waals surface area contributed by atoms with Crippen molar-refractivity contribution >= 4 is 44.0 Å². The molecule has 0 saturated carbocycles. The van der Waals surface area contributed by atoms with Crippen molar-refractivity contribution < 1.29 is 14.3 Å². The summed E-state index contributed by atoms with van der Waals surface area (Å²) in [6.45, 7) is 8.50. The molecule has 1 atom stereocenters. The first kappa shape index (κ1) is 37.5. The number of benzene rings is 2. The second-order valence-corrected chi connectivity index (χ2v) is 14.0. The summed E-state index contributed by atoms with van der Waals surface area (Å²) in [6.07, 6.45) is 24.1. The highest BCUT2D eigenvalue weighted by atomic mass is 32.1. The summed E-state index contributed by atoms with van der Waals surface area (Å²) in [4.78, 5) is 22.1. The van der Waals surface area contributed by atoms with E-state index in [4.69, 9.17) is 9.47 Å². The third kappa shape index (κ3) is 12.5. The van der Waals surface area contributed by atoms with Crippen LogP contribution in [0.1, 0.15) is 77.6 Å². The maximum atomic E-state index is 12.5. The van der Waals surface area contributed by atoms with Crippen LogP contribution >= 0.6 is 11.3 Å². The molecule has 1 saturated heterocycles. The number of nitrogens with zero attached hydrogens (tertiary/aromatic N) is 3. The van der Waals surface area contributed by atoms with Gasteiger partial charge in [0.2, 0.25) is 5.88 Å². The molecule has 0 bridgehead atoms. The number of hydrogen-bond acceptors (Lipinski definition) is 7. The molecule has 2 aromatic carbocycles. The molecule has 4 aromatic rings. The van der Waals surface area contributed by atoms with E-state index in [0.717, 1.165) is 114 Å². The molecule has 0 N–H and O–H groups in total. The Labute approximate surface area is 303 Å². The average Bonchev–Trinajstić information content (AvgIpc) is 3.63. The van der Waals surface area contributed by atoms with Crippen molar-refractivity contribution in [3.05, 3.63) is 102 Å². The minimum Gasteiger partial charge on any atom is -0.407 e. The van der Waals surface area contributed by atoms with Crippen LogP contribution in [-0.2, 0) is 9.53 Å². The molecule has 7 heteroatoms. The fourth-order valence-electron chi connectivity index (χ4n) is 6.47. The number of para-hydroxylation sites is 1. The summed E-state index contributed by atoms with van der Waals surface area (Å²) in [5, 5.41) is 4.62. The molecule has 50 heavy (non-hydrogen) atoms. The van der Waals surface area contributed by atoms with Gasteiger partial charge in [0.25, 0.3) is 0 Å². The van der Waals surface area contributed by atoms with Crippen molar-refractivity contribution in [2.45, 2.75) is 83.7 Å². The van der Waals surface area contributed by atoms with Crippen LogP contribution in [0.15, 0.2) is 102 Å². The summed E-state index contributed by atoms with van der Waals surface area (Å²) in [5.41, 5.74) is 2.22. The third-order valence-electron chi connectivity index (χ3n) is 9.29. The lowest BCUT2D eigenvalue weighted by Gasteiger charge is -2.36. The van der Waals surface area contributed by atoms with Gasteiger partial charge in [0.05, 0.1) is 11.6 Å². The molecule has 0 amide bonds. The van der Waals surface area contributed by atoms with Crippen molar-refractivity contribution in [2.75, 3.05) is 44.2 Å². The number of hydrogen-bond donors (Lipinski definition) is 0. The number of fused-ring (bicyclic) bond motifs is 2. The number of thiophene rings is 1. The molecular weight excluding hydrogens is 639 g/mol. The normalized spacial score (nSPS) is 14.9. The van der Waals surface area contributed by atoms with E-state index < -0.39 is 0 Å². The van der Waals surface area contributed by atoms with E-state index in [0.29, 0.717) is 12.3 Å². The zero-order valence-corrected chi connectivity index (χ0v) is 30.7. The summed E-state index contributed by atoms with van der Waals surface area (Å²) in [5.74, 6) is 0.151. The predicted octanol–water partition coefficient (Wildman–Crippen LogP) is 10.5. The number of pyridine rings is 1. The van der Waals surface area contributed by atoms with Crippen LogP contribution in [0.5, 0.6) is 5.88 Å². The Balaban J connectivity index is 0.982. The molecule has 6 nitrogen and oxygen atoms in total. The van der Waals surface area contributed by atoms with E-state index in [-0.39, 0.29) is 12.1 Å². The smallest absolute Gasteiger partial charge is 0.312 e. The van der Waals surface area contributed by atoms with E-state index in [9.17, 15) is 4.79 Å². The van der Waals surface area contributed by atoms with E-state index >= 15 is 0 Å². The number of unbranched alkanes of at least 4 members (excludes halogenated alkanes) is 3. The molecule has 266 valence electrons. The lowest BCUT2D eigenvalue weighted by molar-refractivity contribution is -0.134. The minimum absolute atomic E-state index is 0.208. The SMILES string of the molecule is CCC=CCC=CCC=CCC(CCCCCC(=O)Oc1ccc2ccccc2n1)OCCCCN1CCN(c2cccc3sccc23)CC1. The van der Waals surface area contributed by atoms with E-state index in [1.165, 1.54) is 15.8 Å². The van der Waals surface area contributed by atoms with Crippen molar-refractivity contribution in [1.82, 2.24) is 9.88 Å². The van der Waals surface area contributed by atoms with Gasteiger partial charge in [-0.15, -0.1) is 11.3 Å². The summed E-state index contributed by atoms with van der Waals surface area (Å²) < 4.78 is 13.3. The van der Waals surface area contributed by atoms with Gasteiger partial charge in [-0.1, -0.05) is 80.5 Å². The lowest BCUT2D eigenvalue weighted by Crippen LogP contribution is -2.46. The molecule has 0 radical (unpaired) electrons. The Morgan fingerprint density at radius 1 is 0.840 bits per heavy atom. The standard InChI is InChI=1S/C43H55N3O3S/c1-2-3-4-5-6-7-8-9-11-20-37(21-12-10-13-25-43(47)49-42-27-26-36-19-14-15-22-39(36)44-42)48-34-17-16-29-45-30-32-46(33-31-45)40-23-18-24-41-38(40)28-35-50-41/h3-4,6-7,9,11,14-15,18-19,22-24,26-28,35,37H,2,5,8,10,12-13,16-17,20-21,25,29-34H2,1H3. The monoisotopic (exact) mass is 693 g/mol. The fraction of sp³-hybridized carbons (Fsp3) is 0.442. The predicted molar refractivity (Wildman–Crippen MR) is 211 cm³/mol. The summed E-state index contributed by atoms with van der Waals surface area (Å²) in [6, 6.07) is 20.5. The highest BCUT2D eigenvalue weighted by molar-refractivity contribution is 7.17. The van der Waals surface area contributed by atoms with E-state index in [1.807, 2.05) is 41.7 Å². The van der Waals surface area contributed by atoms with Gasteiger partial charge < -0.3 is 14.4 Å². The van der Waals surface area contributed by atoms with Gasteiger partial charge in [-0.2, -0.15) is 0 Å². The average molecular weight is 694 g/mol. The van der Waals surface area contributed by atoms with Gasteiger partial charge in [0.1, 0.15) is 0 Å². The van der Waals surface area contributed by atoms with Crippen LogP contribution in [0.3, 0.4) is 0 Å². The van der Waals surface area contributed by atoms with Crippen molar-refractivity contribution in [3.63, 3.8) is 0 Å². The van der Waals surface area contributed by atoms with Crippen molar-refractivity contribution in [2.24, 2.45) is 0 Å². The number of rotatable bonds is 21. The fourth-order valence-corrected chi connectivity index (χ4v) is 7.28. The number of aromatic nitrogens is 1. The Bertz CT molecular complexity index is 1670. The molecule has 1 aliphatic heterocycles. The lowest BCUT2D eigenvalue weighted by atomic mass is 10.1. The first-order valence-electron chi connectivity index (χ1n) is 18.8. The Hall–Kier alpha value is -3.78. The Morgan fingerprint density at radius 2 is 1.66 bits per heavy atom. The number of anilines is 1. The van der Waals surface area contributed by atoms with Crippen LogP contribution in [0.25, 0.3) is 21.0 Å². The molecule has 3 heterocycles. The number of ether oxygens (including phenoxy) is 2. The van der Waals surface area contributed by atoms with Gasteiger partial charge in [-0.25, -0.2) is 4.98 Å². The maximum absolute atomic E-state index is 12.5. The summed E-state index contributed by atoms with van der Waals surface area (Å²) >= 11 is 1.82. The van der Waals surface area contributed by atoms with Crippen LogP contribution in [0, 0.1) is 0 Å². The first-order valence-corrected chi connectivity index (χ1v) is 19.6. The first-order chi connectivity index (χ1) is 24.7. The van der Waals surface area contributed by atoms with Crippen LogP contribution in [-0.4, -0.2) is 61.3 Å². The highest BCUT2D eigenvalue weighted by Crippen LogP contribution is 2.31. The highest BCUT2D eigenvalue weighted by Gasteiger charge is 2.18. The van der Waals surface area contributed by atoms with Crippen molar-refractivity contribution in [1.29, 1.82) is 0 Å². The molecule has 2 aromatic heterocycles. The van der Waals surface area contributed by atoms with Crippen LogP contribution in [0.4, 0.5) is 5.69 Å². The van der Waals surface area contributed by atoms with Gasteiger partial charge in [0, 0.05) is 66.4 Å². The molecule has 1 unspecified atom stereocenters. The second-order valence-electron chi connectivity index (χ2n) is 13.1. The third-order valence-corrected chi connectivity index (χ3v) is 10.2. The number of esters is 1. The zero-order valence-electron chi connectivity index (χ0n) is 29.9. The van der Waals surface area contributed by atoms with Gasteiger partial charge in [0.15, 0.2) is 0 Å². The van der Waals surface area contributed by atoms with E-state index in [1.54, 1.807) is 6.07 Å². The number of allylic oxidation sites excluding steroid dienone is 5. The van der Waals surface area contributed by atoms with E-state index in [2.05, 4.69) is 87.8 Å². The molecule has 1 aliphatic rings. The largest absolute Gasteiger partial charge is 0.407 e. The maximum Gasteiger partial charge on any atom is 0.312 e. The molecule has 0 aliphatic carbocycles. The van der Waals surface area contributed by atoms with Gasteiger partial charge >= 0.3 is 5.97 Å². The Kier molecular flexibility index (Phi) is 16.1. The number of carbonyl (C=O) groups excluding carboxylic acids is 1. The van der Waals surface area contributed by atoms with Crippen LogP contribution < -0.4 is 9.64 Å². The number of piperazine rings is 1. The van der Waals surface area contributed by atoms with Gasteiger partial charge in [-0.05, 0) is 93.6 Å². The minimum atomic E-state index is -0.219. The van der Waals surface area contributed by atoms with Gasteiger partial charge in [-0.3, -0.25) is 9.69 Å². The van der Waals surface area contributed by atoms with Crippen molar-refractivity contribution in [3.8, 4) is 5.88 Å². The second kappa shape index (κ2) is 21.4. The molecule has 1 fully saturated rings. The quantitative estimate of drug-likeness (QED) is 0.0492. The topological polar surface area (TPSA) is 54.9 Å². The zero-order chi connectivity index (χ0) is 34.6. The molecular formula is C43H55N3O3S. The van der Waals surface area contributed by atoms with Crippen LogP contribution in [0.2, 0.25) is 0 Å². The Morgan fingerprint density at radius 3 is 2.52 bits per heavy atom. The molecule has 0 spiro atoms.